The zero-order valence-corrected chi connectivity index (χ0v) is 17.5. The molecule has 0 saturated carbocycles. The molecule has 4 aromatic rings. The van der Waals surface area contributed by atoms with Crippen LogP contribution >= 0.6 is 11.3 Å². The molecular formula is C23H21N3O3S. The van der Waals surface area contributed by atoms with Gasteiger partial charge in [0, 0.05) is 29.4 Å². The molecule has 0 spiro atoms. The van der Waals surface area contributed by atoms with Gasteiger partial charge in [0.15, 0.2) is 5.13 Å². The molecule has 0 atom stereocenters. The van der Waals surface area contributed by atoms with E-state index in [1.54, 1.807) is 11.1 Å². The minimum absolute atomic E-state index is 0.0377. The molecule has 0 unspecified atom stereocenters. The first-order valence-electron chi connectivity index (χ1n) is 9.64. The van der Waals surface area contributed by atoms with Crippen molar-refractivity contribution in [2.45, 2.75) is 26.9 Å². The van der Waals surface area contributed by atoms with E-state index >= 15 is 0 Å². The molecule has 7 heteroatoms. The SMILES string of the molecule is CCc1ccccc1N(C(C)=O)c1nc(COC(=O)c2c[nH]c3ccccc23)cs1. The lowest BCUT2D eigenvalue weighted by Gasteiger charge is -2.20. The van der Waals surface area contributed by atoms with Crippen molar-refractivity contribution in [1.29, 1.82) is 0 Å². The summed E-state index contributed by atoms with van der Waals surface area (Å²) in [6, 6.07) is 15.3. The second kappa shape index (κ2) is 8.51. The number of amides is 1. The molecule has 0 bridgehead atoms. The van der Waals surface area contributed by atoms with Crippen LogP contribution in [0.25, 0.3) is 10.9 Å². The Morgan fingerprint density at radius 3 is 2.70 bits per heavy atom. The predicted octanol–water partition coefficient (Wildman–Crippen LogP) is 5.23. The minimum atomic E-state index is -0.415. The Hall–Kier alpha value is -3.45. The highest BCUT2D eigenvalue weighted by atomic mass is 32.1. The van der Waals surface area contributed by atoms with E-state index in [0.717, 1.165) is 28.6 Å². The molecule has 0 aliphatic carbocycles. The molecule has 0 saturated heterocycles. The van der Waals surface area contributed by atoms with Crippen molar-refractivity contribution in [3.8, 4) is 0 Å². The number of hydrogen-bond donors (Lipinski definition) is 1. The fourth-order valence-corrected chi connectivity index (χ4v) is 4.22. The normalized spacial score (nSPS) is 10.9. The van der Waals surface area contributed by atoms with Crippen LogP contribution in [0.5, 0.6) is 0 Å². The number of carbonyl (C=O) groups excluding carboxylic acids is 2. The Balaban J connectivity index is 1.52. The summed E-state index contributed by atoms with van der Waals surface area (Å²) < 4.78 is 5.47. The smallest absolute Gasteiger partial charge is 0.340 e. The van der Waals surface area contributed by atoms with Crippen LogP contribution in [0.1, 0.15) is 35.5 Å². The molecule has 0 aliphatic rings. The molecule has 30 heavy (non-hydrogen) atoms. The monoisotopic (exact) mass is 419 g/mol. The number of ether oxygens (including phenoxy) is 1. The maximum absolute atomic E-state index is 12.5. The molecule has 1 N–H and O–H groups in total. The lowest BCUT2D eigenvalue weighted by Crippen LogP contribution is -2.23. The van der Waals surface area contributed by atoms with Gasteiger partial charge in [-0.25, -0.2) is 9.78 Å². The number of carbonyl (C=O) groups is 2. The maximum atomic E-state index is 12.5. The highest BCUT2D eigenvalue weighted by Crippen LogP contribution is 2.32. The van der Waals surface area contributed by atoms with Gasteiger partial charge in [-0.3, -0.25) is 9.69 Å². The van der Waals surface area contributed by atoms with E-state index in [9.17, 15) is 9.59 Å². The quantitative estimate of drug-likeness (QED) is 0.434. The number of aryl methyl sites for hydroxylation is 1. The number of rotatable bonds is 6. The summed E-state index contributed by atoms with van der Waals surface area (Å²) in [5, 5.41) is 3.18. The van der Waals surface area contributed by atoms with Crippen LogP contribution < -0.4 is 4.90 Å². The summed E-state index contributed by atoms with van der Waals surface area (Å²) in [5.74, 6) is -0.533. The summed E-state index contributed by atoms with van der Waals surface area (Å²) in [6.45, 7) is 3.61. The first-order chi connectivity index (χ1) is 14.6. The van der Waals surface area contributed by atoms with Crippen molar-refractivity contribution < 1.29 is 14.3 Å². The second-order valence-electron chi connectivity index (χ2n) is 6.78. The largest absolute Gasteiger partial charge is 0.455 e. The molecule has 2 aromatic heterocycles. The van der Waals surface area contributed by atoms with Crippen molar-refractivity contribution >= 4 is 44.9 Å². The number of hydrogen-bond acceptors (Lipinski definition) is 5. The molecule has 4 rings (SSSR count). The predicted molar refractivity (Wildman–Crippen MR) is 118 cm³/mol. The number of H-pyrrole nitrogens is 1. The van der Waals surface area contributed by atoms with Gasteiger partial charge in [-0.05, 0) is 24.1 Å². The number of thiazole rings is 1. The van der Waals surface area contributed by atoms with Crippen LogP contribution in [-0.4, -0.2) is 21.8 Å². The van der Waals surface area contributed by atoms with E-state index in [-0.39, 0.29) is 12.5 Å². The number of aromatic nitrogens is 2. The zero-order chi connectivity index (χ0) is 21.1. The number of fused-ring (bicyclic) bond motifs is 1. The Morgan fingerprint density at radius 2 is 1.90 bits per heavy atom. The Kier molecular flexibility index (Phi) is 5.63. The van der Waals surface area contributed by atoms with Gasteiger partial charge in [0.1, 0.15) is 6.61 Å². The van der Waals surface area contributed by atoms with Gasteiger partial charge >= 0.3 is 5.97 Å². The van der Waals surface area contributed by atoms with Crippen LogP contribution in [0.4, 0.5) is 10.8 Å². The number of para-hydroxylation sites is 2. The van der Waals surface area contributed by atoms with Crippen molar-refractivity contribution in [2.24, 2.45) is 0 Å². The Bertz CT molecular complexity index is 1210. The zero-order valence-electron chi connectivity index (χ0n) is 16.7. The van der Waals surface area contributed by atoms with Gasteiger partial charge in [0.2, 0.25) is 5.91 Å². The average molecular weight is 420 g/mol. The van der Waals surface area contributed by atoms with E-state index in [4.69, 9.17) is 4.74 Å². The molecule has 0 radical (unpaired) electrons. The first-order valence-corrected chi connectivity index (χ1v) is 10.5. The highest BCUT2D eigenvalue weighted by molar-refractivity contribution is 7.14. The summed E-state index contributed by atoms with van der Waals surface area (Å²) in [4.78, 5) is 34.1. The number of nitrogens with one attached hydrogen (secondary N) is 1. The molecule has 6 nitrogen and oxygen atoms in total. The van der Waals surface area contributed by atoms with E-state index in [1.165, 1.54) is 18.3 Å². The fourth-order valence-electron chi connectivity index (χ4n) is 3.36. The second-order valence-corrected chi connectivity index (χ2v) is 7.62. The number of nitrogens with zero attached hydrogens (tertiary/aromatic N) is 2. The van der Waals surface area contributed by atoms with E-state index in [0.29, 0.717) is 16.4 Å². The average Bonchev–Trinajstić information content (AvgIpc) is 3.39. The number of esters is 1. The summed E-state index contributed by atoms with van der Waals surface area (Å²) in [6.07, 6.45) is 2.46. The van der Waals surface area contributed by atoms with Crippen molar-refractivity contribution in [2.75, 3.05) is 4.90 Å². The summed E-state index contributed by atoms with van der Waals surface area (Å²) >= 11 is 1.35. The van der Waals surface area contributed by atoms with Gasteiger partial charge in [-0.15, -0.1) is 11.3 Å². The van der Waals surface area contributed by atoms with Gasteiger partial charge in [0.25, 0.3) is 0 Å². The van der Waals surface area contributed by atoms with Crippen molar-refractivity contribution in [3.05, 3.63) is 76.9 Å². The van der Waals surface area contributed by atoms with Gasteiger partial charge < -0.3 is 9.72 Å². The van der Waals surface area contributed by atoms with E-state index in [2.05, 4.69) is 16.9 Å². The van der Waals surface area contributed by atoms with Crippen molar-refractivity contribution in [3.63, 3.8) is 0 Å². The molecule has 2 heterocycles. The third-order valence-corrected chi connectivity index (χ3v) is 5.69. The summed E-state index contributed by atoms with van der Waals surface area (Å²) in [5.41, 5.74) is 3.86. The lowest BCUT2D eigenvalue weighted by molar-refractivity contribution is -0.115. The highest BCUT2D eigenvalue weighted by Gasteiger charge is 2.21. The maximum Gasteiger partial charge on any atom is 0.340 e. The Labute approximate surface area is 178 Å². The third kappa shape index (κ3) is 3.84. The van der Waals surface area contributed by atoms with Crippen molar-refractivity contribution in [1.82, 2.24) is 9.97 Å². The standard InChI is InChI=1S/C23H21N3O3S/c1-3-16-8-4-7-11-21(16)26(15(2)27)23-25-17(14-30-23)13-29-22(28)19-12-24-20-10-6-5-9-18(19)20/h4-12,14,24H,3,13H2,1-2H3. The van der Waals surface area contributed by atoms with Crippen LogP contribution in [-0.2, 0) is 22.6 Å². The lowest BCUT2D eigenvalue weighted by atomic mass is 10.1. The number of aromatic amines is 1. The molecule has 2 aromatic carbocycles. The van der Waals surface area contributed by atoms with Gasteiger partial charge in [-0.2, -0.15) is 0 Å². The van der Waals surface area contributed by atoms with Crippen LogP contribution in [0.15, 0.2) is 60.1 Å². The fraction of sp³-hybridized carbons (Fsp3) is 0.174. The Morgan fingerprint density at radius 1 is 1.13 bits per heavy atom. The molecular weight excluding hydrogens is 398 g/mol. The van der Waals surface area contributed by atoms with Gasteiger partial charge in [0.05, 0.1) is 16.9 Å². The molecule has 0 aliphatic heterocycles. The van der Waals surface area contributed by atoms with Crippen LogP contribution in [0.3, 0.4) is 0 Å². The number of benzene rings is 2. The summed E-state index contributed by atoms with van der Waals surface area (Å²) in [7, 11) is 0. The van der Waals surface area contributed by atoms with E-state index < -0.39 is 5.97 Å². The van der Waals surface area contributed by atoms with E-state index in [1.807, 2.05) is 53.9 Å². The minimum Gasteiger partial charge on any atom is -0.455 e. The number of anilines is 2. The topological polar surface area (TPSA) is 75.3 Å². The first kappa shape index (κ1) is 19.8. The van der Waals surface area contributed by atoms with Crippen LogP contribution in [0, 0.1) is 0 Å². The third-order valence-electron chi connectivity index (χ3n) is 4.82. The van der Waals surface area contributed by atoms with Gasteiger partial charge in [-0.1, -0.05) is 43.3 Å². The molecule has 0 fully saturated rings. The molecule has 1 amide bonds. The molecule has 152 valence electrons. The van der Waals surface area contributed by atoms with Crippen LogP contribution in [0.2, 0.25) is 0 Å².